The number of carbonyl (C=O) groups excluding carboxylic acids is 3. The number of methoxy groups -OCH3 is 1. The number of phenols is 2. The lowest BCUT2D eigenvalue weighted by molar-refractivity contribution is -0.112. The Morgan fingerprint density at radius 3 is 2.14 bits per heavy atom. The first-order valence-corrected chi connectivity index (χ1v) is 26.5. The monoisotopic (exact) mass is 1030 g/mol. The molecule has 0 aliphatic carbocycles. The quantitative estimate of drug-likeness (QED) is 0.244. The minimum absolute atomic E-state index is 0.0364. The van der Waals surface area contributed by atoms with Gasteiger partial charge in [0.2, 0.25) is 0 Å². The molecule has 5 bridgehead atoms. The zero-order chi connectivity index (χ0) is 53.4. The predicted molar refractivity (Wildman–Crippen MR) is 278 cm³/mol. The molecule has 0 aromatic heterocycles. The smallest absolute Gasteiger partial charge is 0.410 e. The molecule has 2 aromatic carbocycles. The molecule has 5 N–H and O–H groups in total. The standard InChI is InChI=1S/C55H79N7O12/c1-31(2)30-61-17-15-55(16-18-61)57-42-39-40-47(65)37(8)50-41(39)51(67)54(9,74-50)72-27-14-38(70-10)34(5)49(73-53(69)62-23-21-59(22-24-62)19-20-60-25-28-71-29-26-60)36(7)46(64)35(6)45(63)32(3)12-11-13-33(4)52(68)56-44(48(40)66)43(42)58-55/h11-14,27,31-32,34-36,38,45-46,49,63-66H,15-26,28-30H2,1-10H3,(H,56,68)/b12-11+,27-14+,33-13-/t32?,34-,35-,36-,38+,45+,46-,49-,54+/m1/s1. The Bertz CT molecular complexity index is 2650. The zero-order valence-corrected chi connectivity index (χ0v) is 44.9. The van der Waals surface area contributed by atoms with Crippen LogP contribution in [0, 0.1) is 36.5 Å². The molecule has 74 heavy (non-hydrogen) atoms. The number of nitrogens with zero attached hydrogens (tertiary/aromatic N) is 6. The number of anilines is 1. The molecule has 2 aromatic rings. The Labute approximate surface area is 434 Å². The summed E-state index contributed by atoms with van der Waals surface area (Å²) in [4.78, 5) is 62.4. The summed E-state index contributed by atoms with van der Waals surface area (Å²) in [6.07, 6.45) is 4.45. The molecule has 19 nitrogen and oxygen atoms in total. The number of phenolic OH excluding ortho intramolecular Hbond substituents is 2. The molecule has 19 heteroatoms. The van der Waals surface area contributed by atoms with E-state index < -0.39 is 83.1 Å². The van der Waals surface area contributed by atoms with E-state index in [2.05, 4.69) is 33.9 Å². The third-order valence-corrected chi connectivity index (χ3v) is 16.3. The maximum absolute atomic E-state index is 15.0. The Kier molecular flexibility index (Phi) is 16.8. The van der Waals surface area contributed by atoms with Crippen LogP contribution in [-0.4, -0.2) is 186 Å². The number of benzene rings is 2. The summed E-state index contributed by atoms with van der Waals surface area (Å²) in [7, 11) is 1.50. The van der Waals surface area contributed by atoms with Crippen molar-refractivity contribution in [1.29, 1.82) is 0 Å². The van der Waals surface area contributed by atoms with Crippen molar-refractivity contribution in [2.24, 2.45) is 39.6 Å². The van der Waals surface area contributed by atoms with Crippen LogP contribution in [0.25, 0.3) is 10.8 Å². The fourth-order valence-corrected chi connectivity index (χ4v) is 11.5. The number of Topliss-reactive ketones (excluding diaryl/α,β-unsaturated/α-hetero) is 1. The van der Waals surface area contributed by atoms with Crippen LogP contribution in [0.1, 0.15) is 84.2 Å². The number of fused-ring (bicyclic) bond motifs is 13. The zero-order valence-electron chi connectivity index (χ0n) is 44.9. The number of likely N-dealkylation sites (tertiary alicyclic amines) is 1. The summed E-state index contributed by atoms with van der Waals surface area (Å²) < 4.78 is 30.6. The van der Waals surface area contributed by atoms with Crippen LogP contribution in [0.3, 0.4) is 0 Å². The number of aliphatic hydroxyl groups excluding tert-OH is 2. The number of carbonyl (C=O) groups is 3. The van der Waals surface area contributed by atoms with Crippen molar-refractivity contribution >= 4 is 34.2 Å². The highest BCUT2D eigenvalue weighted by Crippen LogP contribution is 2.50. The summed E-state index contributed by atoms with van der Waals surface area (Å²) in [5.74, 6) is -6.07. The molecule has 0 radical (unpaired) electrons. The number of ether oxygens (including phenoxy) is 5. The van der Waals surface area contributed by atoms with Crippen molar-refractivity contribution in [2.75, 3.05) is 97.6 Å². The van der Waals surface area contributed by atoms with Gasteiger partial charge in [-0.1, -0.05) is 59.8 Å². The van der Waals surface area contributed by atoms with Crippen LogP contribution in [0.15, 0.2) is 46.1 Å². The second kappa shape index (κ2) is 22.6. The SMILES string of the molecule is CO[C@H]1/C=C/O[C@@]2(C)Oc3c(C)c(O)c4c(O)c(c5c(c4c3C2=O)=NC2(CCN(CC(C)C)CC2)N=5)NC(=O)/C(C)=C\C=C\C(C)[C@H](O)[C@@H](C)[C@@H](O)[C@@H](C)[C@H](OC(=O)N2CCN(CCN3CCOCC3)CC2)[C@@H]1C. The maximum atomic E-state index is 15.0. The van der Waals surface area contributed by atoms with Crippen LogP contribution in [0.4, 0.5) is 10.5 Å². The van der Waals surface area contributed by atoms with Gasteiger partial charge in [0.05, 0.1) is 54.1 Å². The van der Waals surface area contributed by atoms with E-state index in [0.717, 1.165) is 45.9 Å². The number of aromatic hydroxyl groups is 2. The fourth-order valence-electron chi connectivity index (χ4n) is 11.5. The van der Waals surface area contributed by atoms with Gasteiger partial charge in [-0.15, -0.1) is 0 Å². The number of morpholine rings is 1. The number of piperazine rings is 1. The minimum Gasteiger partial charge on any atom is -0.507 e. The first-order valence-electron chi connectivity index (χ1n) is 26.5. The average molecular weight is 1030 g/mol. The van der Waals surface area contributed by atoms with Gasteiger partial charge in [-0.25, -0.2) is 4.79 Å². The van der Waals surface area contributed by atoms with Crippen LogP contribution >= 0.6 is 0 Å². The first kappa shape index (κ1) is 55.1. The van der Waals surface area contributed by atoms with Crippen LogP contribution in [0.5, 0.6) is 17.2 Å². The van der Waals surface area contributed by atoms with E-state index in [1.807, 2.05) is 13.8 Å². The van der Waals surface area contributed by atoms with E-state index in [4.69, 9.17) is 33.7 Å². The number of rotatable bonds is 7. The molecule has 3 saturated heterocycles. The molecule has 7 aliphatic rings. The number of hydrogen-bond donors (Lipinski definition) is 5. The average Bonchev–Trinajstić information content (AvgIpc) is 3.89. The van der Waals surface area contributed by atoms with Crippen molar-refractivity contribution < 1.29 is 58.5 Å². The summed E-state index contributed by atoms with van der Waals surface area (Å²) in [5, 5.41) is 51.3. The third kappa shape index (κ3) is 11.1. The summed E-state index contributed by atoms with van der Waals surface area (Å²) >= 11 is 0. The maximum Gasteiger partial charge on any atom is 0.410 e. The second-order valence-electron chi connectivity index (χ2n) is 22.0. The number of piperidine rings is 1. The van der Waals surface area contributed by atoms with Crippen molar-refractivity contribution in [3.63, 3.8) is 0 Å². The molecule has 406 valence electrons. The number of amides is 2. The molecule has 1 unspecified atom stereocenters. The lowest BCUT2D eigenvalue weighted by Gasteiger charge is -2.40. The molecule has 9 rings (SSSR count). The van der Waals surface area contributed by atoms with Crippen LogP contribution < -0.4 is 20.8 Å². The fraction of sp³-hybridized carbons (Fsp3) is 0.655. The third-order valence-electron chi connectivity index (χ3n) is 16.3. The number of allylic oxidation sites excluding steroid dienone is 2. The minimum atomic E-state index is -1.98. The predicted octanol–water partition coefficient (Wildman–Crippen LogP) is 4.27. The van der Waals surface area contributed by atoms with Crippen molar-refractivity contribution in [2.45, 2.75) is 111 Å². The van der Waals surface area contributed by atoms with Crippen molar-refractivity contribution in [3.05, 3.63) is 58.0 Å². The van der Waals surface area contributed by atoms with Gasteiger partial charge in [0.15, 0.2) is 11.4 Å². The van der Waals surface area contributed by atoms with Gasteiger partial charge in [0.25, 0.3) is 11.7 Å². The van der Waals surface area contributed by atoms with Crippen molar-refractivity contribution in [1.82, 2.24) is 19.6 Å². The number of ketones is 1. The molecular formula is C55H79N7O12. The number of hydrogen-bond acceptors (Lipinski definition) is 17. The number of nitrogens with one attached hydrogen (secondary N) is 1. The largest absolute Gasteiger partial charge is 0.507 e. The molecule has 0 saturated carbocycles. The Hall–Kier alpha value is -5.15. The summed E-state index contributed by atoms with van der Waals surface area (Å²) in [6.45, 7) is 25.8. The lowest BCUT2D eigenvalue weighted by Crippen LogP contribution is -2.53. The van der Waals surface area contributed by atoms with Crippen LogP contribution in [-0.2, 0) is 23.7 Å². The molecule has 9 atom stereocenters. The molecule has 2 amide bonds. The van der Waals surface area contributed by atoms with E-state index in [9.17, 15) is 34.8 Å². The van der Waals surface area contributed by atoms with E-state index >= 15 is 0 Å². The Balaban J connectivity index is 1.15. The Morgan fingerprint density at radius 2 is 1.49 bits per heavy atom. The Morgan fingerprint density at radius 1 is 0.838 bits per heavy atom. The van der Waals surface area contributed by atoms with Gasteiger partial charge in [0.1, 0.15) is 28.6 Å². The normalized spacial score (nSPS) is 32.1. The van der Waals surface area contributed by atoms with Gasteiger partial charge in [-0.3, -0.25) is 29.4 Å². The van der Waals surface area contributed by atoms with E-state index in [-0.39, 0.29) is 55.4 Å². The van der Waals surface area contributed by atoms with E-state index in [1.54, 1.807) is 56.9 Å². The molecule has 3 fully saturated rings. The highest BCUT2D eigenvalue weighted by Gasteiger charge is 2.50. The second-order valence-corrected chi connectivity index (χ2v) is 22.0. The van der Waals surface area contributed by atoms with E-state index in [1.165, 1.54) is 20.3 Å². The number of aliphatic hydroxyl groups is 2. The molecule has 1 spiro atoms. The van der Waals surface area contributed by atoms with Gasteiger partial charge in [0, 0.05) is 139 Å². The highest BCUT2D eigenvalue weighted by atomic mass is 16.7. The first-order chi connectivity index (χ1) is 35.2. The van der Waals surface area contributed by atoms with Gasteiger partial charge in [-0.05, 0) is 25.8 Å². The molecule has 7 heterocycles. The molecule has 7 aliphatic heterocycles. The topological polar surface area (TPSA) is 228 Å². The van der Waals surface area contributed by atoms with Crippen molar-refractivity contribution in [3.8, 4) is 17.2 Å². The van der Waals surface area contributed by atoms with E-state index in [0.29, 0.717) is 58.0 Å². The van der Waals surface area contributed by atoms with Gasteiger partial charge in [-0.2, -0.15) is 0 Å². The lowest BCUT2D eigenvalue weighted by atomic mass is 9.78. The van der Waals surface area contributed by atoms with Gasteiger partial charge >= 0.3 is 11.9 Å². The summed E-state index contributed by atoms with van der Waals surface area (Å²) in [6, 6.07) is 0. The highest BCUT2D eigenvalue weighted by molar-refractivity contribution is 6.19. The summed E-state index contributed by atoms with van der Waals surface area (Å²) in [5.41, 5.74) is -0.586. The molecular weight excluding hydrogens is 951 g/mol. The van der Waals surface area contributed by atoms with Gasteiger partial charge < -0.3 is 59.2 Å². The van der Waals surface area contributed by atoms with Crippen LogP contribution in [0.2, 0.25) is 0 Å².